The summed E-state index contributed by atoms with van der Waals surface area (Å²) in [4.78, 5) is 32.7. The van der Waals surface area contributed by atoms with Gasteiger partial charge in [-0.15, -0.1) is 11.3 Å². The number of hydrogen-bond donors (Lipinski definition) is 4. The van der Waals surface area contributed by atoms with Crippen molar-refractivity contribution < 1.29 is 37.3 Å². The van der Waals surface area contributed by atoms with Gasteiger partial charge in [-0.2, -0.15) is 13.2 Å². The Labute approximate surface area is 197 Å². The number of carbonyl (C=O) groups is 2. The van der Waals surface area contributed by atoms with E-state index in [0.717, 1.165) is 11.3 Å². The Hall–Kier alpha value is -2.71. The molecule has 0 aromatic carbocycles. The number of nitrogens with zero attached hydrogens (tertiary/aromatic N) is 2. The van der Waals surface area contributed by atoms with E-state index >= 15 is 0 Å². The van der Waals surface area contributed by atoms with E-state index in [4.69, 9.17) is 14.6 Å². The molecular formula is C20H26F3N5O5S. The minimum atomic E-state index is -4.34. The van der Waals surface area contributed by atoms with E-state index < -0.39 is 36.9 Å². The third-order valence-electron chi connectivity index (χ3n) is 5.47. The van der Waals surface area contributed by atoms with Crippen molar-refractivity contribution in [2.45, 2.75) is 50.2 Å². The van der Waals surface area contributed by atoms with Gasteiger partial charge >= 0.3 is 12.3 Å². The van der Waals surface area contributed by atoms with Crippen LogP contribution in [0.1, 0.15) is 24.1 Å². The molecule has 2 heterocycles. The molecule has 3 atom stereocenters. The van der Waals surface area contributed by atoms with Gasteiger partial charge in [0.25, 0.3) is 0 Å². The fraction of sp³-hybridized carbons (Fsp3) is 0.600. The summed E-state index contributed by atoms with van der Waals surface area (Å²) in [5.74, 6) is -0.453. The number of halogens is 3. The van der Waals surface area contributed by atoms with E-state index in [1.807, 2.05) is 0 Å². The van der Waals surface area contributed by atoms with Gasteiger partial charge in [0.1, 0.15) is 17.0 Å². The first-order valence-electron chi connectivity index (χ1n) is 10.5. The van der Waals surface area contributed by atoms with Crippen molar-refractivity contribution in [2.24, 2.45) is 5.92 Å². The summed E-state index contributed by atoms with van der Waals surface area (Å²) < 4.78 is 48.6. The summed E-state index contributed by atoms with van der Waals surface area (Å²) >= 11 is 0.939. The Morgan fingerprint density at radius 1 is 1.21 bits per heavy atom. The molecule has 0 aliphatic heterocycles. The first-order chi connectivity index (χ1) is 16.1. The second kappa shape index (κ2) is 11.1. The average molecular weight is 506 g/mol. The van der Waals surface area contributed by atoms with Gasteiger partial charge in [-0.05, 0) is 25.3 Å². The number of aromatic nitrogens is 2. The Morgan fingerprint density at radius 3 is 2.56 bits per heavy atom. The number of rotatable bonds is 9. The molecule has 1 aliphatic rings. The van der Waals surface area contributed by atoms with Gasteiger partial charge in [0.05, 0.1) is 18.4 Å². The second-order valence-corrected chi connectivity index (χ2v) is 9.10. The maximum absolute atomic E-state index is 12.8. The maximum Gasteiger partial charge on any atom is 0.404 e. The SMILES string of the molecule is COC(CNC(=O)[C@@H]1C[C@H](NC(=O)O)C[C@H](Nc2ncnc3sc(CC(F)(F)F)cc23)C1)OC. The Morgan fingerprint density at radius 2 is 1.91 bits per heavy atom. The van der Waals surface area contributed by atoms with E-state index in [-0.39, 0.29) is 23.4 Å². The molecule has 0 saturated heterocycles. The molecule has 1 fully saturated rings. The number of carbonyl (C=O) groups excluding carboxylic acids is 1. The number of methoxy groups -OCH3 is 2. The Bertz CT molecular complexity index is 1000. The maximum atomic E-state index is 12.8. The topological polar surface area (TPSA) is 135 Å². The van der Waals surface area contributed by atoms with Gasteiger partial charge in [0.2, 0.25) is 5.91 Å². The third-order valence-corrected chi connectivity index (χ3v) is 6.51. The zero-order valence-electron chi connectivity index (χ0n) is 18.5. The van der Waals surface area contributed by atoms with Crippen molar-refractivity contribution in [1.29, 1.82) is 0 Å². The standard InChI is InChI=1S/C20H26F3N5O5S/c1-32-15(33-2)8-24-17(29)10-3-11(5-12(4-10)28-19(30)31)27-16-14-6-13(7-20(21,22)23)34-18(14)26-9-25-16/h6,9-12,15,28H,3-5,7-8H2,1-2H3,(H,24,29)(H,30,31)(H,25,26,27)/t10-,11+,12-/m0/s1. The molecule has 1 aliphatic carbocycles. The number of anilines is 1. The van der Waals surface area contributed by atoms with Crippen LogP contribution in [0.2, 0.25) is 0 Å². The molecule has 2 amide bonds. The molecule has 2 aromatic heterocycles. The van der Waals surface area contributed by atoms with Crippen LogP contribution in [0.3, 0.4) is 0 Å². The first-order valence-corrected chi connectivity index (χ1v) is 11.3. The summed E-state index contributed by atoms with van der Waals surface area (Å²) in [5.41, 5.74) is 0. The fourth-order valence-electron chi connectivity index (χ4n) is 4.03. The highest BCUT2D eigenvalue weighted by Gasteiger charge is 2.35. The quantitative estimate of drug-likeness (QED) is 0.382. The smallest absolute Gasteiger partial charge is 0.404 e. The van der Waals surface area contributed by atoms with E-state index in [2.05, 4.69) is 25.9 Å². The van der Waals surface area contributed by atoms with E-state index in [9.17, 15) is 22.8 Å². The summed E-state index contributed by atoms with van der Waals surface area (Å²) in [6.07, 6.45) is -4.92. The monoisotopic (exact) mass is 505 g/mol. The molecule has 34 heavy (non-hydrogen) atoms. The molecule has 10 nitrogen and oxygen atoms in total. The zero-order valence-corrected chi connectivity index (χ0v) is 19.3. The van der Waals surface area contributed by atoms with Crippen LogP contribution in [-0.2, 0) is 20.7 Å². The minimum Gasteiger partial charge on any atom is -0.465 e. The lowest BCUT2D eigenvalue weighted by atomic mass is 9.81. The number of hydrogen-bond acceptors (Lipinski definition) is 8. The highest BCUT2D eigenvalue weighted by atomic mass is 32.1. The van der Waals surface area contributed by atoms with Crippen LogP contribution in [0.25, 0.3) is 10.2 Å². The van der Waals surface area contributed by atoms with E-state index in [1.165, 1.54) is 26.6 Å². The molecule has 0 unspecified atom stereocenters. The minimum absolute atomic E-state index is 0.114. The Balaban J connectivity index is 1.76. The Kier molecular flexibility index (Phi) is 8.49. The summed E-state index contributed by atoms with van der Waals surface area (Å²) in [5, 5.41) is 18.0. The van der Waals surface area contributed by atoms with Crippen molar-refractivity contribution in [3.8, 4) is 0 Å². The van der Waals surface area contributed by atoms with Crippen molar-refractivity contribution in [3.05, 3.63) is 17.3 Å². The van der Waals surface area contributed by atoms with Gasteiger partial charge in [-0.25, -0.2) is 14.8 Å². The molecule has 0 bridgehead atoms. The van der Waals surface area contributed by atoms with Crippen molar-refractivity contribution in [1.82, 2.24) is 20.6 Å². The van der Waals surface area contributed by atoms with E-state index in [0.29, 0.717) is 35.3 Å². The predicted molar refractivity (Wildman–Crippen MR) is 118 cm³/mol. The molecule has 188 valence electrons. The van der Waals surface area contributed by atoms with Crippen LogP contribution in [0, 0.1) is 5.92 Å². The molecule has 4 N–H and O–H groups in total. The number of ether oxygens (including phenoxy) is 2. The summed E-state index contributed by atoms with van der Waals surface area (Å²) in [7, 11) is 2.89. The van der Waals surface area contributed by atoms with Gasteiger partial charge in [-0.1, -0.05) is 0 Å². The number of nitrogens with one attached hydrogen (secondary N) is 3. The molecule has 14 heteroatoms. The normalized spacial score (nSPS) is 20.9. The largest absolute Gasteiger partial charge is 0.465 e. The van der Waals surface area contributed by atoms with Crippen LogP contribution >= 0.6 is 11.3 Å². The number of alkyl halides is 3. The van der Waals surface area contributed by atoms with Gasteiger partial charge in [-0.3, -0.25) is 4.79 Å². The van der Waals surface area contributed by atoms with Gasteiger partial charge in [0, 0.05) is 37.1 Å². The van der Waals surface area contributed by atoms with Crippen LogP contribution in [-0.4, -0.2) is 72.4 Å². The number of amides is 2. The lowest BCUT2D eigenvalue weighted by Crippen LogP contribution is -2.48. The van der Waals surface area contributed by atoms with Crippen molar-refractivity contribution >= 4 is 39.4 Å². The van der Waals surface area contributed by atoms with Crippen LogP contribution in [0.4, 0.5) is 23.8 Å². The number of fused-ring (bicyclic) bond motifs is 1. The van der Waals surface area contributed by atoms with Crippen molar-refractivity contribution in [2.75, 3.05) is 26.1 Å². The fourth-order valence-corrected chi connectivity index (χ4v) is 5.06. The number of carboxylic acid groups (broad SMARTS) is 1. The third kappa shape index (κ3) is 7.14. The summed E-state index contributed by atoms with van der Waals surface area (Å²) in [6, 6.07) is 0.553. The molecule has 1 saturated carbocycles. The second-order valence-electron chi connectivity index (χ2n) is 7.98. The van der Waals surface area contributed by atoms with Gasteiger partial charge in [0.15, 0.2) is 6.29 Å². The van der Waals surface area contributed by atoms with E-state index in [1.54, 1.807) is 0 Å². The average Bonchev–Trinajstić information content (AvgIpc) is 3.15. The first kappa shape index (κ1) is 25.9. The van der Waals surface area contributed by atoms with Gasteiger partial charge < -0.3 is 30.5 Å². The molecule has 0 spiro atoms. The molecule has 0 radical (unpaired) electrons. The van der Waals surface area contributed by atoms with Crippen molar-refractivity contribution in [3.63, 3.8) is 0 Å². The zero-order chi connectivity index (χ0) is 24.9. The molecular weight excluding hydrogens is 479 g/mol. The molecule has 3 rings (SSSR count). The summed E-state index contributed by atoms with van der Waals surface area (Å²) in [6.45, 7) is 0.126. The lowest BCUT2D eigenvalue weighted by molar-refractivity contribution is -0.132. The molecule has 2 aromatic rings. The van der Waals surface area contributed by atoms with Crippen LogP contribution in [0.5, 0.6) is 0 Å². The predicted octanol–water partition coefficient (Wildman–Crippen LogP) is 2.75. The lowest BCUT2D eigenvalue weighted by Gasteiger charge is -2.35. The van der Waals surface area contributed by atoms with Crippen LogP contribution in [0.15, 0.2) is 12.4 Å². The highest BCUT2D eigenvalue weighted by molar-refractivity contribution is 7.18. The highest BCUT2D eigenvalue weighted by Crippen LogP contribution is 2.34. The number of thiophene rings is 1. The van der Waals surface area contributed by atoms with Crippen LogP contribution < -0.4 is 16.0 Å².